The average Bonchev–Trinajstić information content (AvgIpc) is 3.35. The Labute approximate surface area is 206 Å². The zero-order valence-corrected chi connectivity index (χ0v) is 21.7. The summed E-state index contributed by atoms with van der Waals surface area (Å²) in [5.74, 6) is 1.60. The maximum Gasteiger partial charge on any atom is 0.287 e. The topological polar surface area (TPSA) is 21.9 Å². The molecule has 0 amide bonds. The van der Waals surface area contributed by atoms with Crippen LogP contribution >= 0.6 is 0 Å². The number of nitrogens with zero attached hydrogens (tertiary/aromatic N) is 2. The van der Waals surface area contributed by atoms with Crippen molar-refractivity contribution in [2.24, 2.45) is 7.05 Å². The molecule has 0 radical (unpaired) electrons. The van der Waals surface area contributed by atoms with E-state index in [9.17, 15) is 0 Å². The van der Waals surface area contributed by atoms with E-state index in [2.05, 4.69) is 119 Å². The fourth-order valence-electron chi connectivity index (χ4n) is 5.65. The monoisotopic (exact) mass is 461 g/mol. The van der Waals surface area contributed by atoms with Gasteiger partial charge in [-0.05, 0) is 59.7 Å². The van der Waals surface area contributed by atoms with Gasteiger partial charge in [0.15, 0.2) is 11.1 Å². The normalized spacial score (nSPS) is 12.7. The Balaban J connectivity index is 1.88. The lowest BCUT2D eigenvalue weighted by molar-refractivity contribution is -0.665. The van der Waals surface area contributed by atoms with Crippen LogP contribution in [0.5, 0.6) is 0 Å². The third-order valence-electron chi connectivity index (χ3n) is 7.57. The highest BCUT2D eigenvalue weighted by Crippen LogP contribution is 2.42. The molecule has 0 aliphatic heterocycles. The Morgan fingerprint density at radius 1 is 0.829 bits per heavy atom. The molecule has 0 bridgehead atoms. The highest BCUT2D eigenvalue weighted by atomic mass is 16.3. The smallest absolute Gasteiger partial charge is 0.287 e. The van der Waals surface area contributed by atoms with Gasteiger partial charge in [0.2, 0.25) is 0 Å². The van der Waals surface area contributed by atoms with Crippen LogP contribution in [0, 0.1) is 6.92 Å². The molecule has 3 aromatic heterocycles. The summed E-state index contributed by atoms with van der Waals surface area (Å²) < 4.78 is 11.3. The van der Waals surface area contributed by atoms with Crippen molar-refractivity contribution in [3.05, 3.63) is 83.6 Å². The van der Waals surface area contributed by atoms with Crippen molar-refractivity contribution in [1.29, 1.82) is 0 Å². The second kappa shape index (κ2) is 7.45. The van der Waals surface area contributed by atoms with E-state index >= 15 is 0 Å². The van der Waals surface area contributed by atoms with Gasteiger partial charge >= 0.3 is 0 Å². The molecule has 0 atom stereocenters. The van der Waals surface area contributed by atoms with E-state index in [4.69, 9.17) is 4.42 Å². The second-order valence-electron chi connectivity index (χ2n) is 11.2. The maximum atomic E-state index is 6.58. The number of rotatable bonds is 2. The van der Waals surface area contributed by atoms with E-state index in [1.807, 2.05) is 6.07 Å². The number of aromatic nitrogens is 2. The van der Waals surface area contributed by atoms with Crippen LogP contribution in [0.25, 0.3) is 49.6 Å². The molecule has 6 rings (SSSR count). The quantitative estimate of drug-likeness (QED) is 0.238. The highest BCUT2D eigenvalue weighted by molar-refractivity contribution is 6.21. The number of furan rings is 1. The Morgan fingerprint density at radius 2 is 1.51 bits per heavy atom. The predicted octanol–water partition coefficient (Wildman–Crippen LogP) is 8.24. The minimum atomic E-state index is 0.0502. The molecule has 0 unspecified atom stereocenters. The molecule has 3 aromatic carbocycles. The van der Waals surface area contributed by atoms with Gasteiger partial charge in [0, 0.05) is 33.2 Å². The fourth-order valence-corrected chi connectivity index (χ4v) is 5.65. The first-order valence-electron chi connectivity index (χ1n) is 12.5. The molecular weight excluding hydrogens is 428 g/mol. The van der Waals surface area contributed by atoms with Gasteiger partial charge in [0.05, 0.1) is 13.2 Å². The summed E-state index contributed by atoms with van der Waals surface area (Å²) >= 11 is 0. The lowest BCUT2D eigenvalue weighted by Crippen LogP contribution is -2.34. The van der Waals surface area contributed by atoms with E-state index < -0.39 is 0 Å². The molecule has 0 N–H and O–H groups in total. The third kappa shape index (κ3) is 3.14. The van der Waals surface area contributed by atoms with E-state index in [1.54, 1.807) is 0 Å². The van der Waals surface area contributed by atoms with Gasteiger partial charge in [0.25, 0.3) is 5.82 Å². The lowest BCUT2D eigenvalue weighted by Gasteiger charge is -2.19. The van der Waals surface area contributed by atoms with Crippen LogP contribution in [0.3, 0.4) is 0 Å². The first-order chi connectivity index (χ1) is 16.7. The van der Waals surface area contributed by atoms with Gasteiger partial charge in [-0.15, -0.1) is 0 Å². The summed E-state index contributed by atoms with van der Waals surface area (Å²) in [5.41, 5.74) is 8.37. The van der Waals surface area contributed by atoms with Crippen LogP contribution in [0.15, 0.2) is 71.3 Å². The van der Waals surface area contributed by atoms with Crippen LogP contribution in [0.4, 0.5) is 0 Å². The average molecular weight is 462 g/mol. The van der Waals surface area contributed by atoms with Crippen molar-refractivity contribution in [2.75, 3.05) is 0 Å². The summed E-state index contributed by atoms with van der Waals surface area (Å²) in [7, 11) is 2.14. The summed E-state index contributed by atoms with van der Waals surface area (Å²) in [4.78, 5) is 0. The van der Waals surface area contributed by atoms with E-state index in [-0.39, 0.29) is 5.41 Å². The lowest BCUT2D eigenvalue weighted by atomic mass is 9.87. The van der Waals surface area contributed by atoms with Crippen molar-refractivity contribution in [1.82, 2.24) is 4.57 Å². The van der Waals surface area contributed by atoms with E-state index in [1.165, 1.54) is 33.0 Å². The minimum absolute atomic E-state index is 0.0502. The molecule has 0 fully saturated rings. The number of pyridine rings is 1. The molecular formula is C32H33N2O+. The Morgan fingerprint density at radius 3 is 2.26 bits per heavy atom. The summed E-state index contributed by atoms with van der Waals surface area (Å²) in [6.07, 6.45) is 2.19. The van der Waals surface area contributed by atoms with Crippen molar-refractivity contribution >= 4 is 43.7 Å². The number of hydrogen-bond donors (Lipinski definition) is 0. The standard InChI is InChI=1S/C32H33N2O/c1-19(2)22-12-13-24-25-14-15-26-23-10-8-9-11-27(23)35-31(26)30(25)34(29(24)20(22)3)28-18-21(32(4,5)6)16-17-33(28)7/h8-19H,1-7H3/q+1. The Bertz CT molecular complexity index is 1770. The van der Waals surface area contributed by atoms with Crippen molar-refractivity contribution < 1.29 is 8.98 Å². The predicted molar refractivity (Wildman–Crippen MR) is 147 cm³/mol. The Kier molecular flexibility index (Phi) is 4.67. The fraction of sp³-hybridized carbons (Fsp3) is 0.281. The molecule has 3 nitrogen and oxygen atoms in total. The highest BCUT2D eigenvalue weighted by Gasteiger charge is 2.29. The summed E-state index contributed by atoms with van der Waals surface area (Å²) in [6, 6.07) is 22.1. The second-order valence-corrected chi connectivity index (χ2v) is 11.2. The van der Waals surface area contributed by atoms with Gasteiger partial charge in [-0.3, -0.25) is 0 Å². The summed E-state index contributed by atoms with van der Waals surface area (Å²) in [5, 5.41) is 4.82. The number of benzene rings is 3. The maximum absolute atomic E-state index is 6.58. The first kappa shape index (κ1) is 21.9. The number of para-hydroxylation sites is 1. The summed E-state index contributed by atoms with van der Waals surface area (Å²) in [6.45, 7) is 13.7. The zero-order chi connectivity index (χ0) is 24.6. The molecule has 3 heteroatoms. The number of fused-ring (bicyclic) bond motifs is 7. The molecule has 0 aliphatic rings. The molecule has 0 spiro atoms. The largest absolute Gasteiger partial charge is 0.452 e. The van der Waals surface area contributed by atoms with Crippen LogP contribution in [-0.4, -0.2) is 4.57 Å². The van der Waals surface area contributed by atoms with Gasteiger partial charge in [-0.2, -0.15) is 4.57 Å². The van der Waals surface area contributed by atoms with Crippen LogP contribution in [0.1, 0.15) is 57.2 Å². The molecule has 3 heterocycles. The van der Waals surface area contributed by atoms with E-state index in [0.29, 0.717) is 5.92 Å². The molecule has 35 heavy (non-hydrogen) atoms. The van der Waals surface area contributed by atoms with Crippen molar-refractivity contribution in [3.8, 4) is 5.82 Å². The Hall–Kier alpha value is -3.59. The molecule has 0 aliphatic carbocycles. The molecule has 0 saturated carbocycles. The third-order valence-corrected chi connectivity index (χ3v) is 7.57. The SMILES string of the molecule is Cc1c(C(C)C)ccc2c3ccc4c5ccccc5oc4c3n(-c3cc(C(C)(C)C)cc[n+]3C)c12. The zero-order valence-electron chi connectivity index (χ0n) is 21.7. The minimum Gasteiger partial charge on any atom is -0.452 e. The van der Waals surface area contributed by atoms with Gasteiger partial charge in [0.1, 0.15) is 11.1 Å². The van der Waals surface area contributed by atoms with Crippen molar-refractivity contribution in [2.45, 2.75) is 52.9 Å². The van der Waals surface area contributed by atoms with Gasteiger partial charge < -0.3 is 4.42 Å². The van der Waals surface area contributed by atoms with Gasteiger partial charge in [-0.1, -0.05) is 58.9 Å². The first-order valence-corrected chi connectivity index (χ1v) is 12.5. The molecule has 0 saturated heterocycles. The van der Waals surface area contributed by atoms with Crippen molar-refractivity contribution in [3.63, 3.8) is 0 Å². The van der Waals surface area contributed by atoms with Crippen LogP contribution in [-0.2, 0) is 12.5 Å². The van der Waals surface area contributed by atoms with Gasteiger partial charge in [-0.25, -0.2) is 4.57 Å². The number of aryl methyl sites for hydroxylation is 2. The molecule has 6 aromatic rings. The number of hydrogen-bond acceptors (Lipinski definition) is 1. The molecule has 176 valence electrons. The van der Waals surface area contributed by atoms with E-state index in [0.717, 1.165) is 33.3 Å². The van der Waals surface area contributed by atoms with Crippen LogP contribution < -0.4 is 4.57 Å². The van der Waals surface area contributed by atoms with Crippen LogP contribution in [0.2, 0.25) is 0 Å².